The fraction of sp³-hybridized carbons (Fsp3) is 0.188. The summed E-state index contributed by atoms with van der Waals surface area (Å²) < 4.78 is 34.1. The number of hydrogen-bond donors (Lipinski definition) is 3. The number of esters is 1. The Balaban J connectivity index is 0.000000254. The Kier molecular flexibility index (Phi) is 8.07. The van der Waals surface area contributed by atoms with Gasteiger partial charge in [0.2, 0.25) is 0 Å². The maximum Gasteiger partial charge on any atom is 0.325 e. The van der Waals surface area contributed by atoms with E-state index in [2.05, 4.69) is 0 Å². The van der Waals surface area contributed by atoms with Crippen LogP contribution in [0.15, 0.2) is 65.6 Å². The fourth-order valence-electron chi connectivity index (χ4n) is 1.50. The van der Waals surface area contributed by atoms with Gasteiger partial charge in [0.05, 0.1) is 11.5 Å². The molecule has 0 aromatic heterocycles. The molecule has 0 saturated carbocycles. The molecule has 2 aromatic carbocycles. The van der Waals surface area contributed by atoms with Crippen LogP contribution in [0.2, 0.25) is 0 Å². The molecule has 0 unspecified atom stereocenters. The van der Waals surface area contributed by atoms with Crippen LogP contribution in [-0.4, -0.2) is 36.7 Å². The van der Waals surface area contributed by atoms with E-state index in [1.165, 1.54) is 12.1 Å². The van der Waals surface area contributed by atoms with Crippen LogP contribution in [0.1, 0.15) is 5.56 Å². The van der Waals surface area contributed by atoms with Gasteiger partial charge >= 0.3 is 5.97 Å². The molecule has 0 heterocycles. The monoisotopic (exact) mass is 353 g/mol. The summed E-state index contributed by atoms with van der Waals surface area (Å²) in [6.07, 6.45) is 0. The second-order valence-corrected chi connectivity index (χ2v) is 6.09. The van der Waals surface area contributed by atoms with Crippen LogP contribution >= 0.6 is 0 Å². The molecular formula is C16H19NO6S. The van der Waals surface area contributed by atoms with Crippen molar-refractivity contribution in [1.82, 2.24) is 0 Å². The largest absolute Gasteiger partial charge is 0.460 e. The van der Waals surface area contributed by atoms with E-state index in [0.717, 1.165) is 5.56 Å². The smallest absolute Gasteiger partial charge is 0.325 e. The Morgan fingerprint density at radius 3 is 1.96 bits per heavy atom. The van der Waals surface area contributed by atoms with E-state index in [1.54, 1.807) is 18.2 Å². The van der Waals surface area contributed by atoms with Crippen LogP contribution in [0.25, 0.3) is 0 Å². The minimum absolute atomic E-state index is 0.0741. The molecule has 1 atom stereocenters. The number of carbonyl (C=O) groups excluding carboxylic acids is 1. The molecule has 2 aromatic rings. The summed E-state index contributed by atoms with van der Waals surface area (Å²) in [6.45, 7) is -0.207. The van der Waals surface area contributed by atoms with Gasteiger partial charge in [-0.2, -0.15) is 8.42 Å². The van der Waals surface area contributed by atoms with Crippen LogP contribution in [-0.2, 0) is 26.3 Å². The van der Waals surface area contributed by atoms with Crippen molar-refractivity contribution in [3.8, 4) is 0 Å². The average Bonchev–Trinajstić information content (AvgIpc) is 2.60. The SMILES string of the molecule is N[C@@H](CO)C(=O)OCc1ccccc1.O=S(=O)(O)c1ccccc1. The first-order valence-corrected chi connectivity index (χ1v) is 8.38. The Labute approximate surface area is 140 Å². The van der Waals surface area contributed by atoms with Crippen LogP contribution in [0.5, 0.6) is 0 Å². The van der Waals surface area contributed by atoms with Crippen molar-refractivity contribution in [1.29, 1.82) is 0 Å². The number of ether oxygens (including phenoxy) is 1. The van der Waals surface area contributed by atoms with Gasteiger partial charge in [-0.05, 0) is 17.7 Å². The zero-order valence-corrected chi connectivity index (χ0v) is 13.6. The van der Waals surface area contributed by atoms with Crippen molar-refractivity contribution in [3.63, 3.8) is 0 Å². The molecule has 2 rings (SSSR count). The van der Waals surface area contributed by atoms with Crippen molar-refractivity contribution < 1.29 is 27.6 Å². The molecule has 7 nitrogen and oxygen atoms in total. The molecular weight excluding hydrogens is 334 g/mol. The molecule has 130 valence electrons. The Morgan fingerprint density at radius 2 is 1.54 bits per heavy atom. The number of aliphatic hydroxyl groups excluding tert-OH is 1. The summed E-state index contributed by atoms with van der Waals surface area (Å²) in [7, 11) is -4.00. The minimum Gasteiger partial charge on any atom is -0.460 e. The first-order chi connectivity index (χ1) is 11.3. The van der Waals surface area contributed by atoms with Gasteiger partial charge in [-0.3, -0.25) is 9.35 Å². The van der Waals surface area contributed by atoms with Gasteiger partial charge in [-0.1, -0.05) is 48.5 Å². The Morgan fingerprint density at radius 1 is 1.04 bits per heavy atom. The summed E-state index contributed by atoms with van der Waals surface area (Å²) >= 11 is 0. The Hall–Kier alpha value is -2.26. The van der Waals surface area contributed by atoms with Gasteiger partial charge in [0.15, 0.2) is 0 Å². The molecule has 8 heteroatoms. The van der Waals surface area contributed by atoms with Crippen molar-refractivity contribution in [2.45, 2.75) is 17.5 Å². The van der Waals surface area contributed by atoms with Crippen LogP contribution < -0.4 is 5.73 Å². The van der Waals surface area contributed by atoms with Crippen LogP contribution in [0.4, 0.5) is 0 Å². The highest BCUT2D eigenvalue weighted by Gasteiger charge is 2.13. The number of rotatable bonds is 5. The molecule has 0 saturated heterocycles. The van der Waals surface area contributed by atoms with E-state index in [-0.39, 0.29) is 11.5 Å². The van der Waals surface area contributed by atoms with E-state index in [9.17, 15) is 13.2 Å². The van der Waals surface area contributed by atoms with Gasteiger partial charge in [0, 0.05) is 0 Å². The summed E-state index contributed by atoms with van der Waals surface area (Å²) in [5.74, 6) is -0.587. The number of carbonyl (C=O) groups is 1. The molecule has 0 amide bonds. The lowest BCUT2D eigenvalue weighted by molar-refractivity contribution is -0.147. The van der Waals surface area contributed by atoms with E-state index < -0.39 is 28.7 Å². The number of benzene rings is 2. The lowest BCUT2D eigenvalue weighted by atomic mass is 10.2. The number of nitrogens with two attached hydrogens (primary N) is 1. The molecule has 0 fully saturated rings. The fourth-order valence-corrected chi connectivity index (χ4v) is 2.00. The highest BCUT2D eigenvalue weighted by molar-refractivity contribution is 7.85. The third-order valence-electron chi connectivity index (χ3n) is 2.76. The zero-order chi connectivity index (χ0) is 18.0. The van der Waals surface area contributed by atoms with Gasteiger partial charge in [-0.15, -0.1) is 0 Å². The molecule has 24 heavy (non-hydrogen) atoms. The predicted molar refractivity (Wildman–Crippen MR) is 87.6 cm³/mol. The predicted octanol–water partition coefficient (Wildman–Crippen LogP) is 0.983. The van der Waals surface area contributed by atoms with Crippen molar-refractivity contribution >= 4 is 16.1 Å². The molecule has 4 N–H and O–H groups in total. The third kappa shape index (κ3) is 7.34. The van der Waals surface area contributed by atoms with E-state index in [1.807, 2.05) is 30.3 Å². The van der Waals surface area contributed by atoms with Gasteiger partial charge in [-0.25, -0.2) is 0 Å². The average molecular weight is 353 g/mol. The second kappa shape index (κ2) is 9.78. The van der Waals surface area contributed by atoms with Gasteiger partial charge in [0.1, 0.15) is 12.6 Å². The first-order valence-electron chi connectivity index (χ1n) is 6.94. The third-order valence-corrected chi connectivity index (χ3v) is 3.63. The Bertz CT molecular complexity index is 719. The lowest BCUT2D eigenvalue weighted by Crippen LogP contribution is -2.35. The molecule has 0 aliphatic heterocycles. The molecule has 0 aliphatic rings. The molecule has 0 bridgehead atoms. The molecule has 0 spiro atoms. The van der Waals surface area contributed by atoms with Crippen LogP contribution in [0, 0.1) is 0 Å². The van der Waals surface area contributed by atoms with E-state index in [0.29, 0.717) is 0 Å². The zero-order valence-electron chi connectivity index (χ0n) is 12.8. The van der Waals surface area contributed by atoms with E-state index in [4.69, 9.17) is 20.1 Å². The van der Waals surface area contributed by atoms with Gasteiger partial charge < -0.3 is 15.6 Å². The summed E-state index contributed by atoms with van der Waals surface area (Å²) in [5, 5.41) is 8.58. The van der Waals surface area contributed by atoms with E-state index >= 15 is 0 Å². The summed E-state index contributed by atoms with van der Waals surface area (Å²) in [4.78, 5) is 11.0. The maximum atomic E-state index is 11.0. The highest BCUT2D eigenvalue weighted by Crippen LogP contribution is 2.05. The second-order valence-electron chi connectivity index (χ2n) is 4.67. The lowest BCUT2D eigenvalue weighted by Gasteiger charge is -2.08. The molecule has 0 aliphatic carbocycles. The minimum atomic E-state index is -4.00. The maximum absolute atomic E-state index is 11.0. The van der Waals surface area contributed by atoms with Crippen molar-refractivity contribution in [2.75, 3.05) is 6.61 Å². The van der Waals surface area contributed by atoms with Crippen LogP contribution in [0.3, 0.4) is 0 Å². The first kappa shape index (κ1) is 19.8. The van der Waals surface area contributed by atoms with Crippen molar-refractivity contribution in [3.05, 3.63) is 66.2 Å². The molecule has 0 radical (unpaired) electrons. The van der Waals surface area contributed by atoms with Gasteiger partial charge in [0.25, 0.3) is 10.1 Å². The number of hydrogen-bond acceptors (Lipinski definition) is 6. The summed E-state index contributed by atoms with van der Waals surface area (Å²) in [5.41, 5.74) is 6.15. The standard InChI is InChI=1S/C10H13NO3.C6H6O3S/c11-9(6-12)10(13)14-7-8-4-2-1-3-5-8;7-10(8,9)6-4-2-1-3-5-6/h1-5,9,12H,6-7,11H2;1-5H,(H,7,8,9)/t9-;/m0./s1. The normalized spacial score (nSPS) is 11.8. The number of aliphatic hydroxyl groups is 1. The van der Waals surface area contributed by atoms with Crippen molar-refractivity contribution in [2.24, 2.45) is 5.73 Å². The summed E-state index contributed by atoms with van der Waals surface area (Å²) in [6, 6.07) is 15.8. The quantitative estimate of drug-likeness (QED) is 0.540. The highest BCUT2D eigenvalue weighted by atomic mass is 32.2. The topological polar surface area (TPSA) is 127 Å².